The van der Waals surface area contributed by atoms with Crippen molar-refractivity contribution >= 4 is 6.29 Å². The van der Waals surface area contributed by atoms with E-state index in [2.05, 4.69) is 11.9 Å². The van der Waals surface area contributed by atoms with Crippen LogP contribution in [0.4, 0.5) is 0 Å². The van der Waals surface area contributed by atoms with Crippen LogP contribution in [-0.4, -0.2) is 44.0 Å². The Kier molecular flexibility index (Phi) is 4.57. The molecular weight excluding hydrogens is 214 g/mol. The van der Waals surface area contributed by atoms with E-state index in [-0.39, 0.29) is 5.41 Å². The Bertz CT molecular complexity index is 243. The summed E-state index contributed by atoms with van der Waals surface area (Å²) in [6, 6.07) is 0.613. The van der Waals surface area contributed by atoms with Gasteiger partial charge in [-0.3, -0.25) is 0 Å². The quantitative estimate of drug-likeness (QED) is 0.705. The lowest BCUT2D eigenvalue weighted by atomic mass is 9.74. The maximum absolute atomic E-state index is 11.4. The lowest BCUT2D eigenvalue weighted by Crippen LogP contribution is -2.45. The monoisotopic (exact) mass is 239 g/mol. The van der Waals surface area contributed by atoms with E-state index < -0.39 is 0 Å². The minimum atomic E-state index is -0.0503. The molecule has 0 atom stereocenters. The third-order valence-corrected chi connectivity index (χ3v) is 4.48. The number of rotatable bonds is 4. The van der Waals surface area contributed by atoms with E-state index in [4.69, 9.17) is 4.74 Å². The van der Waals surface area contributed by atoms with E-state index in [0.29, 0.717) is 6.04 Å². The lowest BCUT2D eigenvalue weighted by Gasteiger charge is -2.39. The van der Waals surface area contributed by atoms with E-state index in [1.54, 1.807) is 0 Å². The summed E-state index contributed by atoms with van der Waals surface area (Å²) in [5, 5.41) is 0. The van der Waals surface area contributed by atoms with Crippen molar-refractivity contribution in [1.29, 1.82) is 0 Å². The van der Waals surface area contributed by atoms with Gasteiger partial charge in [-0.05, 0) is 32.7 Å². The normalized spacial score (nSPS) is 26.0. The first kappa shape index (κ1) is 13.0. The van der Waals surface area contributed by atoms with Gasteiger partial charge in [-0.2, -0.15) is 0 Å². The zero-order valence-corrected chi connectivity index (χ0v) is 11.0. The molecule has 98 valence electrons. The Balaban J connectivity index is 1.90. The second-order valence-corrected chi connectivity index (χ2v) is 5.80. The topological polar surface area (TPSA) is 29.5 Å². The molecule has 1 heterocycles. The molecule has 0 aromatic heterocycles. The lowest BCUT2D eigenvalue weighted by molar-refractivity contribution is -0.119. The Morgan fingerprint density at radius 1 is 1.24 bits per heavy atom. The molecule has 3 nitrogen and oxygen atoms in total. The van der Waals surface area contributed by atoms with E-state index in [9.17, 15) is 4.79 Å². The van der Waals surface area contributed by atoms with Crippen LogP contribution in [0.15, 0.2) is 0 Å². The molecule has 0 N–H and O–H groups in total. The number of carbonyl (C=O) groups excluding carboxylic acids is 1. The van der Waals surface area contributed by atoms with Crippen LogP contribution >= 0.6 is 0 Å². The van der Waals surface area contributed by atoms with Crippen LogP contribution in [0.1, 0.15) is 44.9 Å². The van der Waals surface area contributed by atoms with Gasteiger partial charge in [-0.25, -0.2) is 0 Å². The van der Waals surface area contributed by atoms with Crippen molar-refractivity contribution in [1.82, 2.24) is 4.90 Å². The fourth-order valence-electron chi connectivity index (χ4n) is 3.32. The summed E-state index contributed by atoms with van der Waals surface area (Å²) in [5.41, 5.74) is -0.0503. The average Bonchev–Trinajstić information content (AvgIpc) is 2.41. The van der Waals surface area contributed by atoms with Crippen LogP contribution < -0.4 is 0 Å². The first-order valence-electron chi connectivity index (χ1n) is 7.00. The van der Waals surface area contributed by atoms with Gasteiger partial charge in [0.15, 0.2) is 0 Å². The predicted octanol–water partition coefficient (Wildman–Crippen LogP) is 2.25. The molecule has 0 spiro atoms. The van der Waals surface area contributed by atoms with Crippen LogP contribution in [0.25, 0.3) is 0 Å². The van der Waals surface area contributed by atoms with Crippen LogP contribution in [0, 0.1) is 5.41 Å². The highest BCUT2D eigenvalue weighted by Crippen LogP contribution is 2.35. The summed E-state index contributed by atoms with van der Waals surface area (Å²) >= 11 is 0. The summed E-state index contributed by atoms with van der Waals surface area (Å²) in [5.74, 6) is 0. The number of nitrogens with zero attached hydrogens (tertiary/aromatic N) is 1. The molecule has 0 bridgehead atoms. The van der Waals surface area contributed by atoms with Gasteiger partial charge < -0.3 is 14.4 Å². The number of aldehydes is 1. The van der Waals surface area contributed by atoms with E-state index in [1.807, 2.05) is 0 Å². The predicted molar refractivity (Wildman–Crippen MR) is 68.1 cm³/mol. The number of ether oxygens (including phenoxy) is 1. The molecule has 0 amide bonds. The summed E-state index contributed by atoms with van der Waals surface area (Å²) in [7, 11) is 2.18. The molecule has 1 aliphatic heterocycles. The second-order valence-electron chi connectivity index (χ2n) is 5.80. The largest absolute Gasteiger partial charge is 0.381 e. The molecule has 1 saturated heterocycles. The number of carbonyl (C=O) groups is 1. The van der Waals surface area contributed by atoms with Crippen molar-refractivity contribution < 1.29 is 9.53 Å². The Morgan fingerprint density at radius 3 is 2.47 bits per heavy atom. The Labute approximate surface area is 105 Å². The van der Waals surface area contributed by atoms with Gasteiger partial charge in [-0.1, -0.05) is 19.3 Å². The third-order valence-electron chi connectivity index (χ3n) is 4.48. The summed E-state index contributed by atoms with van der Waals surface area (Å²) < 4.78 is 5.40. The fourth-order valence-corrected chi connectivity index (χ4v) is 3.32. The van der Waals surface area contributed by atoms with E-state index in [0.717, 1.165) is 45.4 Å². The highest BCUT2D eigenvalue weighted by molar-refractivity contribution is 5.60. The van der Waals surface area contributed by atoms with Crippen LogP contribution in [0.5, 0.6) is 0 Å². The number of hydrogen-bond acceptors (Lipinski definition) is 3. The van der Waals surface area contributed by atoms with Gasteiger partial charge in [0.2, 0.25) is 0 Å². The number of hydrogen-bond donors (Lipinski definition) is 0. The zero-order valence-electron chi connectivity index (χ0n) is 11.0. The summed E-state index contributed by atoms with van der Waals surface area (Å²) in [6.07, 6.45) is 9.39. The smallest absolute Gasteiger partial charge is 0.127 e. The molecular formula is C14H25NO2. The van der Waals surface area contributed by atoms with Crippen molar-refractivity contribution in [2.75, 3.05) is 26.8 Å². The van der Waals surface area contributed by atoms with Crippen LogP contribution in [0.3, 0.4) is 0 Å². The molecule has 0 aromatic carbocycles. The minimum absolute atomic E-state index is 0.0503. The van der Waals surface area contributed by atoms with Crippen molar-refractivity contribution in [3.63, 3.8) is 0 Å². The van der Waals surface area contributed by atoms with E-state index in [1.165, 1.54) is 25.5 Å². The Hall–Kier alpha value is -0.410. The summed E-state index contributed by atoms with van der Waals surface area (Å²) in [6.45, 7) is 2.70. The average molecular weight is 239 g/mol. The van der Waals surface area contributed by atoms with Crippen LogP contribution in [0.2, 0.25) is 0 Å². The van der Waals surface area contributed by atoms with Gasteiger partial charge in [-0.15, -0.1) is 0 Å². The maximum Gasteiger partial charge on any atom is 0.127 e. The van der Waals surface area contributed by atoms with Gasteiger partial charge in [0.1, 0.15) is 6.29 Å². The van der Waals surface area contributed by atoms with Crippen molar-refractivity contribution in [3.8, 4) is 0 Å². The molecule has 2 rings (SSSR count). The zero-order chi connectivity index (χ0) is 12.1. The highest BCUT2D eigenvalue weighted by atomic mass is 16.5. The summed E-state index contributed by atoms with van der Waals surface area (Å²) in [4.78, 5) is 13.9. The minimum Gasteiger partial charge on any atom is -0.381 e. The highest BCUT2D eigenvalue weighted by Gasteiger charge is 2.34. The second kappa shape index (κ2) is 5.96. The molecule has 2 aliphatic rings. The van der Waals surface area contributed by atoms with E-state index >= 15 is 0 Å². The van der Waals surface area contributed by atoms with Gasteiger partial charge in [0, 0.05) is 31.2 Å². The molecule has 1 aliphatic carbocycles. The van der Waals surface area contributed by atoms with Gasteiger partial charge >= 0.3 is 0 Å². The third kappa shape index (κ3) is 3.29. The first-order chi connectivity index (χ1) is 8.26. The molecule has 2 fully saturated rings. The molecule has 3 heteroatoms. The Morgan fingerprint density at radius 2 is 1.88 bits per heavy atom. The molecule has 0 unspecified atom stereocenters. The SMILES string of the molecule is CN(CC1(C=O)CCCCC1)C1CCOCC1. The fraction of sp³-hybridized carbons (Fsp3) is 0.929. The first-order valence-corrected chi connectivity index (χ1v) is 7.00. The molecule has 0 aromatic rings. The van der Waals surface area contributed by atoms with Crippen molar-refractivity contribution in [3.05, 3.63) is 0 Å². The van der Waals surface area contributed by atoms with Crippen LogP contribution in [-0.2, 0) is 9.53 Å². The maximum atomic E-state index is 11.4. The molecule has 17 heavy (non-hydrogen) atoms. The van der Waals surface area contributed by atoms with Gasteiger partial charge in [0.05, 0.1) is 0 Å². The molecule has 1 saturated carbocycles. The van der Waals surface area contributed by atoms with Gasteiger partial charge in [0.25, 0.3) is 0 Å². The van der Waals surface area contributed by atoms with Crippen molar-refractivity contribution in [2.24, 2.45) is 5.41 Å². The molecule has 0 radical (unpaired) electrons. The van der Waals surface area contributed by atoms with Crippen molar-refractivity contribution in [2.45, 2.75) is 51.0 Å². The standard InChI is InChI=1S/C14H25NO2/c1-15(13-5-9-17-10-6-13)11-14(12-16)7-3-2-4-8-14/h12-13H,2-11H2,1H3.